The number of halogens is 1. The molecule has 0 bridgehead atoms. The molecule has 1 heterocycles. The molecular weight excluding hydrogens is 523 g/mol. The molecule has 2 aromatic rings. The van der Waals surface area contributed by atoms with Gasteiger partial charge in [0.2, 0.25) is 5.75 Å². The fraction of sp³-hybridized carbons (Fsp3) is 0.435. The molecule has 0 amide bonds. The Hall–Kier alpha value is -2.40. The normalized spacial score (nSPS) is 13.8. The molecule has 1 saturated heterocycles. The summed E-state index contributed by atoms with van der Waals surface area (Å²) in [5.41, 5.74) is 3.45. The Bertz CT molecular complexity index is 863. The van der Waals surface area contributed by atoms with Crippen LogP contribution in [-0.2, 0) is 17.8 Å². The van der Waals surface area contributed by atoms with E-state index < -0.39 is 0 Å². The van der Waals surface area contributed by atoms with E-state index in [-0.39, 0.29) is 24.0 Å². The fourth-order valence-electron chi connectivity index (χ4n) is 3.60. The second kappa shape index (κ2) is 13.2. The molecule has 1 aliphatic rings. The maximum atomic E-state index is 5.49. The monoisotopic (exact) mass is 556 g/mol. The minimum absolute atomic E-state index is 0. The summed E-state index contributed by atoms with van der Waals surface area (Å²) in [5, 5.41) is 6.76. The van der Waals surface area contributed by atoms with Crippen LogP contribution in [0.3, 0.4) is 0 Å². The summed E-state index contributed by atoms with van der Waals surface area (Å²) in [5.74, 6) is 2.54. The predicted octanol–water partition coefficient (Wildman–Crippen LogP) is 3.03. The van der Waals surface area contributed by atoms with E-state index >= 15 is 0 Å². The van der Waals surface area contributed by atoms with Crippen molar-refractivity contribution in [3.05, 3.63) is 47.5 Å². The Labute approximate surface area is 207 Å². The van der Waals surface area contributed by atoms with E-state index in [4.69, 9.17) is 18.9 Å². The standard InChI is InChI=1S/C23H32N4O4.HI/c1-24-23(25-15-17-13-20(28-2)22(30-4)21(14-17)29-3)26-16-18-7-5-6-8-19(18)27-9-11-31-12-10-27;/h5-8,13-14H,9-12,15-16H2,1-4H3,(H2,24,25,26);1H. The summed E-state index contributed by atoms with van der Waals surface area (Å²) in [7, 11) is 6.58. The molecule has 0 unspecified atom stereocenters. The molecule has 0 saturated carbocycles. The molecule has 1 fully saturated rings. The number of methoxy groups -OCH3 is 3. The Balaban J connectivity index is 0.00000363. The van der Waals surface area contributed by atoms with Gasteiger partial charge in [0, 0.05) is 38.9 Å². The number of nitrogens with zero attached hydrogens (tertiary/aromatic N) is 2. The van der Waals surface area contributed by atoms with Crippen molar-refractivity contribution in [3.63, 3.8) is 0 Å². The van der Waals surface area contributed by atoms with Gasteiger partial charge < -0.3 is 34.5 Å². The highest BCUT2D eigenvalue weighted by Crippen LogP contribution is 2.38. The highest BCUT2D eigenvalue weighted by molar-refractivity contribution is 14.0. The lowest BCUT2D eigenvalue weighted by atomic mass is 10.1. The largest absolute Gasteiger partial charge is 0.493 e. The summed E-state index contributed by atoms with van der Waals surface area (Å²) in [6.07, 6.45) is 0. The van der Waals surface area contributed by atoms with E-state index in [0.717, 1.165) is 31.9 Å². The van der Waals surface area contributed by atoms with Crippen molar-refractivity contribution in [1.82, 2.24) is 10.6 Å². The molecule has 0 aliphatic carbocycles. The van der Waals surface area contributed by atoms with Gasteiger partial charge in [0.15, 0.2) is 17.5 Å². The molecule has 9 heteroatoms. The van der Waals surface area contributed by atoms with E-state index in [1.165, 1.54) is 11.3 Å². The molecule has 0 aromatic heterocycles. The van der Waals surface area contributed by atoms with Gasteiger partial charge in [0.1, 0.15) is 0 Å². The second-order valence-corrected chi connectivity index (χ2v) is 7.04. The SMILES string of the molecule is CN=C(NCc1cc(OC)c(OC)c(OC)c1)NCc1ccccc1N1CCOCC1.I. The van der Waals surface area contributed by atoms with E-state index in [0.29, 0.717) is 36.3 Å². The van der Waals surface area contributed by atoms with Crippen LogP contribution in [0.1, 0.15) is 11.1 Å². The third-order valence-corrected chi connectivity index (χ3v) is 5.20. The zero-order valence-electron chi connectivity index (χ0n) is 19.1. The molecule has 0 radical (unpaired) electrons. The van der Waals surface area contributed by atoms with Gasteiger partial charge in [-0.05, 0) is 29.3 Å². The molecule has 32 heavy (non-hydrogen) atoms. The van der Waals surface area contributed by atoms with Crippen LogP contribution in [0, 0.1) is 0 Å². The molecule has 0 atom stereocenters. The summed E-state index contributed by atoms with van der Waals surface area (Å²) < 4.78 is 21.7. The van der Waals surface area contributed by atoms with Crippen LogP contribution in [0.2, 0.25) is 0 Å². The fourth-order valence-corrected chi connectivity index (χ4v) is 3.60. The van der Waals surface area contributed by atoms with Crippen LogP contribution in [0.25, 0.3) is 0 Å². The Morgan fingerprint density at radius 2 is 1.59 bits per heavy atom. The zero-order valence-corrected chi connectivity index (χ0v) is 21.5. The van der Waals surface area contributed by atoms with Gasteiger partial charge in [-0.25, -0.2) is 0 Å². The number of morpholine rings is 1. The number of anilines is 1. The van der Waals surface area contributed by atoms with Crippen molar-refractivity contribution in [2.24, 2.45) is 4.99 Å². The van der Waals surface area contributed by atoms with Gasteiger partial charge in [-0.15, -0.1) is 24.0 Å². The van der Waals surface area contributed by atoms with Crippen LogP contribution in [0.5, 0.6) is 17.2 Å². The number of guanidine groups is 1. The Kier molecular flexibility index (Phi) is 10.7. The molecule has 0 spiro atoms. The average Bonchev–Trinajstić information content (AvgIpc) is 2.84. The van der Waals surface area contributed by atoms with Gasteiger partial charge in [0.05, 0.1) is 34.5 Å². The van der Waals surface area contributed by atoms with Gasteiger partial charge in [-0.3, -0.25) is 4.99 Å². The first-order valence-corrected chi connectivity index (χ1v) is 10.3. The first kappa shape index (κ1) is 25.9. The zero-order chi connectivity index (χ0) is 22.1. The van der Waals surface area contributed by atoms with Crippen molar-refractivity contribution < 1.29 is 18.9 Å². The molecule has 2 aromatic carbocycles. The van der Waals surface area contributed by atoms with Gasteiger partial charge in [-0.2, -0.15) is 0 Å². The average molecular weight is 556 g/mol. The maximum Gasteiger partial charge on any atom is 0.203 e. The summed E-state index contributed by atoms with van der Waals surface area (Å²) >= 11 is 0. The number of para-hydroxylation sites is 1. The topological polar surface area (TPSA) is 76.6 Å². The minimum atomic E-state index is 0. The van der Waals surface area contributed by atoms with Crippen LogP contribution < -0.4 is 29.7 Å². The van der Waals surface area contributed by atoms with Crippen LogP contribution in [-0.4, -0.2) is 60.6 Å². The van der Waals surface area contributed by atoms with E-state index in [2.05, 4.69) is 44.8 Å². The van der Waals surface area contributed by atoms with E-state index in [1.54, 1.807) is 28.4 Å². The number of hydrogen-bond acceptors (Lipinski definition) is 6. The van der Waals surface area contributed by atoms with Gasteiger partial charge in [-0.1, -0.05) is 18.2 Å². The number of aliphatic imine (C=N–C) groups is 1. The third kappa shape index (κ3) is 6.55. The first-order chi connectivity index (χ1) is 15.2. The summed E-state index contributed by atoms with van der Waals surface area (Å²) in [4.78, 5) is 6.72. The van der Waals surface area contributed by atoms with Crippen LogP contribution >= 0.6 is 24.0 Å². The summed E-state index contributed by atoms with van der Waals surface area (Å²) in [6.45, 7) is 4.57. The Morgan fingerprint density at radius 3 is 2.19 bits per heavy atom. The lowest BCUT2D eigenvalue weighted by Crippen LogP contribution is -2.39. The predicted molar refractivity (Wildman–Crippen MR) is 138 cm³/mol. The number of ether oxygens (including phenoxy) is 4. The minimum Gasteiger partial charge on any atom is -0.493 e. The molecular formula is C23H33IN4O4. The van der Waals surface area contributed by atoms with Gasteiger partial charge in [0.25, 0.3) is 0 Å². The maximum absolute atomic E-state index is 5.49. The highest BCUT2D eigenvalue weighted by Gasteiger charge is 2.15. The van der Waals surface area contributed by atoms with Crippen molar-refractivity contribution in [3.8, 4) is 17.2 Å². The number of rotatable bonds is 8. The smallest absolute Gasteiger partial charge is 0.203 e. The molecule has 1 aliphatic heterocycles. The van der Waals surface area contributed by atoms with Crippen molar-refractivity contribution in [2.45, 2.75) is 13.1 Å². The van der Waals surface area contributed by atoms with E-state index in [9.17, 15) is 0 Å². The molecule has 2 N–H and O–H groups in total. The van der Waals surface area contributed by atoms with Crippen LogP contribution in [0.15, 0.2) is 41.4 Å². The number of hydrogen-bond donors (Lipinski definition) is 2. The lowest BCUT2D eigenvalue weighted by molar-refractivity contribution is 0.122. The van der Waals surface area contributed by atoms with Crippen molar-refractivity contribution >= 4 is 35.6 Å². The van der Waals surface area contributed by atoms with E-state index in [1.807, 2.05) is 12.1 Å². The first-order valence-electron chi connectivity index (χ1n) is 10.3. The number of benzene rings is 2. The second-order valence-electron chi connectivity index (χ2n) is 7.04. The van der Waals surface area contributed by atoms with Crippen LogP contribution in [0.4, 0.5) is 5.69 Å². The molecule has 176 valence electrons. The van der Waals surface area contributed by atoms with Crippen molar-refractivity contribution in [1.29, 1.82) is 0 Å². The highest BCUT2D eigenvalue weighted by atomic mass is 127. The summed E-state index contributed by atoms with van der Waals surface area (Å²) in [6, 6.07) is 12.3. The molecule has 8 nitrogen and oxygen atoms in total. The Morgan fingerprint density at radius 1 is 0.969 bits per heavy atom. The third-order valence-electron chi connectivity index (χ3n) is 5.20. The van der Waals surface area contributed by atoms with Crippen molar-refractivity contribution in [2.75, 3.05) is 59.6 Å². The lowest BCUT2D eigenvalue weighted by Gasteiger charge is -2.30. The van der Waals surface area contributed by atoms with Gasteiger partial charge >= 0.3 is 0 Å². The molecule has 3 rings (SSSR count). The number of nitrogens with one attached hydrogen (secondary N) is 2. The quantitative estimate of drug-likeness (QED) is 0.294.